The van der Waals surface area contributed by atoms with E-state index in [9.17, 15) is 9.59 Å². The number of nitrogens with one attached hydrogen (secondary N) is 1. The van der Waals surface area contributed by atoms with Crippen molar-refractivity contribution in [3.63, 3.8) is 0 Å². The SMILES string of the molecule is CC(CC1CCCC1)C(=O)NC(C)(C)C(=O)O. The maximum absolute atomic E-state index is 11.9. The molecule has 0 aromatic carbocycles. The Hall–Kier alpha value is -1.06. The zero-order valence-electron chi connectivity index (χ0n) is 11.0. The largest absolute Gasteiger partial charge is 0.480 e. The van der Waals surface area contributed by atoms with Crippen LogP contribution in [0.25, 0.3) is 0 Å². The summed E-state index contributed by atoms with van der Waals surface area (Å²) in [7, 11) is 0. The number of carbonyl (C=O) groups is 2. The molecule has 4 heteroatoms. The molecule has 0 radical (unpaired) electrons. The van der Waals surface area contributed by atoms with Crippen molar-refractivity contribution >= 4 is 11.9 Å². The van der Waals surface area contributed by atoms with Gasteiger partial charge in [-0.3, -0.25) is 4.79 Å². The second kappa shape index (κ2) is 5.52. The van der Waals surface area contributed by atoms with Crippen molar-refractivity contribution in [2.75, 3.05) is 0 Å². The van der Waals surface area contributed by atoms with E-state index in [1.54, 1.807) is 0 Å². The highest BCUT2D eigenvalue weighted by Gasteiger charge is 2.31. The second-order valence-electron chi connectivity index (χ2n) is 5.71. The van der Waals surface area contributed by atoms with Crippen LogP contribution in [0, 0.1) is 11.8 Å². The third-order valence-corrected chi connectivity index (χ3v) is 3.58. The third kappa shape index (κ3) is 4.02. The van der Waals surface area contributed by atoms with Crippen LogP contribution in [-0.2, 0) is 9.59 Å². The van der Waals surface area contributed by atoms with Gasteiger partial charge in [0, 0.05) is 5.92 Å². The van der Waals surface area contributed by atoms with E-state index in [-0.39, 0.29) is 11.8 Å². The van der Waals surface area contributed by atoms with Crippen molar-refractivity contribution in [1.29, 1.82) is 0 Å². The van der Waals surface area contributed by atoms with Crippen LogP contribution in [0.3, 0.4) is 0 Å². The average molecular weight is 241 g/mol. The average Bonchev–Trinajstić information content (AvgIpc) is 2.69. The molecule has 4 nitrogen and oxygen atoms in total. The van der Waals surface area contributed by atoms with Crippen LogP contribution in [0.2, 0.25) is 0 Å². The van der Waals surface area contributed by atoms with E-state index >= 15 is 0 Å². The molecule has 1 aliphatic carbocycles. The molecular formula is C13H23NO3. The number of carboxylic acid groups (broad SMARTS) is 1. The van der Waals surface area contributed by atoms with Gasteiger partial charge >= 0.3 is 5.97 Å². The smallest absolute Gasteiger partial charge is 0.328 e. The van der Waals surface area contributed by atoms with Crippen LogP contribution in [0.4, 0.5) is 0 Å². The van der Waals surface area contributed by atoms with Crippen LogP contribution >= 0.6 is 0 Å². The second-order valence-corrected chi connectivity index (χ2v) is 5.71. The summed E-state index contributed by atoms with van der Waals surface area (Å²) >= 11 is 0. The van der Waals surface area contributed by atoms with Gasteiger partial charge < -0.3 is 10.4 Å². The Morgan fingerprint density at radius 3 is 2.35 bits per heavy atom. The summed E-state index contributed by atoms with van der Waals surface area (Å²) in [4.78, 5) is 22.8. The van der Waals surface area contributed by atoms with E-state index < -0.39 is 11.5 Å². The van der Waals surface area contributed by atoms with Crippen molar-refractivity contribution < 1.29 is 14.7 Å². The molecule has 1 amide bonds. The van der Waals surface area contributed by atoms with Crippen molar-refractivity contribution in [3.8, 4) is 0 Å². The predicted octanol–water partition coefficient (Wildman–Crippen LogP) is 2.18. The molecule has 0 bridgehead atoms. The number of carboxylic acids is 1. The molecule has 1 aliphatic rings. The summed E-state index contributed by atoms with van der Waals surface area (Å²) < 4.78 is 0. The normalized spacial score (nSPS) is 19.0. The van der Waals surface area contributed by atoms with Crippen LogP contribution in [0.15, 0.2) is 0 Å². The predicted molar refractivity (Wildman–Crippen MR) is 65.6 cm³/mol. The fraction of sp³-hybridized carbons (Fsp3) is 0.846. The van der Waals surface area contributed by atoms with Gasteiger partial charge in [-0.1, -0.05) is 32.6 Å². The van der Waals surface area contributed by atoms with Gasteiger partial charge in [0.2, 0.25) is 5.91 Å². The summed E-state index contributed by atoms with van der Waals surface area (Å²) in [5.41, 5.74) is -1.18. The monoisotopic (exact) mass is 241 g/mol. The zero-order chi connectivity index (χ0) is 13.1. The van der Waals surface area contributed by atoms with Crippen molar-refractivity contribution in [2.45, 2.75) is 58.4 Å². The minimum Gasteiger partial charge on any atom is -0.480 e. The molecule has 98 valence electrons. The summed E-state index contributed by atoms with van der Waals surface area (Å²) in [5, 5.41) is 11.5. The van der Waals surface area contributed by atoms with Gasteiger partial charge in [-0.05, 0) is 26.2 Å². The van der Waals surface area contributed by atoms with Gasteiger partial charge in [0.15, 0.2) is 0 Å². The van der Waals surface area contributed by atoms with Crippen molar-refractivity contribution in [3.05, 3.63) is 0 Å². The quantitative estimate of drug-likeness (QED) is 0.775. The van der Waals surface area contributed by atoms with Gasteiger partial charge in [-0.25, -0.2) is 4.79 Å². The molecule has 1 fully saturated rings. The summed E-state index contributed by atoms with van der Waals surface area (Å²) in [6.07, 6.45) is 5.82. The zero-order valence-corrected chi connectivity index (χ0v) is 11.0. The molecule has 1 atom stereocenters. The van der Waals surface area contributed by atoms with Gasteiger partial charge in [-0.2, -0.15) is 0 Å². The summed E-state index contributed by atoms with van der Waals surface area (Å²) in [6, 6.07) is 0. The Bertz CT molecular complexity index is 293. The lowest BCUT2D eigenvalue weighted by atomic mass is 9.93. The van der Waals surface area contributed by atoms with Crippen LogP contribution < -0.4 is 5.32 Å². The molecule has 1 saturated carbocycles. The summed E-state index contributed by atoms with van der Waals surface area (Å²) in [6.45, 7) is 4.90. The van der Waals surface area contributed by atoms with Crippen molar-refractivity contribution in [1.82, 2.24) is 5.32 Å². The first kappa shape index (κ1) is 14.0. The van der Waals surface area contributed by atoms with E-state index in [1.165, 1.54) is 39.5 Å². The third-order valence-electron chi connectivity index (χ3n) is 3.58. The van der Waals surface area contributed by atoms with Gasteiger partial charge in [0.05, 0.1) is 0 Å². The number of hydrogen-bond acceptors (Lipinski definition) is 2. The highest BCUT2D eigenvalue weighted by atomic mass is 16.4. The Balaban J connectivity index is 2.43. The standard InChI is InChI=1S/C13H23NO3/c1-9(8-10-6-4-5-7-10)11(15)14-13(2,3)12(16)17/h9-10H,4-8H2,1-3H3,(H,14,15)(H,16,17). The molecule has 0 aromatic rings. The first-order valence-corrected chi connectivity index (χ1v) is 6.38. The van der Waals surface area contributed by atoms with E-state index in [0.717, 1.165) is 6.42 Å². The van der Waals surface area contributed by atoms with Gasteiger partial charge in [-0.15, -0.1) is 0 Å². The number of carbonyl (C=O) groups excluding carboxylic acids is 1. The van der Waals surface area contributed by atoms with E-state index in [2.05, 4.69) is 5.32 Å². The topological polar surface area (TPSA) is 66.4 Å². The molecule has 0 heterocycles. The summed E-state index contributed by atoms with van der Waals surface area (Å²) in [5.74, 6) is -0.608. The molecule has 0 aromatic heterocycles. The molecular weight excluding hydrogens is 218 g/mol. The van der Waals surface area contributed by atoms with Crippen molar-refractivity contribution in [2.24, 2.45) is 11.8 Å². The fourth-order valence-electron chi connectivity index (χ4n) is 2.34. The van der Waals surface area contributed by atoms with E-state index in [0.29, 0.717) is 5.92 Å². The Labute approximate surface area is 103 Å². The van der Waals surface area contributed by atoms with E-state index in [1.807, 2.05) is 6.92 Å². The number of aliphatic carboxylic acids is 1. The first-order chi connectivity index (χ1) is 7.83. The lowest BCUT2D eigenvalue weighted by Crippen LogP contribution is -2.51. The Kier molecular flexibility index (Phi) is 4.54. The fourth-order valence-corrected chi connectivity index (χ4v) is 2.34. The molecule has 0 spiro atoms. The van der Waals surface area contributed by atoms with Crippen LogP contribution in [0.1, 0.15) is 52.9 Å². The Morgan fingerprint density at radius 1 is 1.35 bits per heavy atom. The number of hydrogen-bond donors (Lipinski definition) is 2. The maximum Gasteiger partial charge on any atom is 0.328 e. The minimum atomic E-state index is -1.18. The van der Waals surface area contributed by atoms with Gasteiger partial charge in [0.25, 0.3) is 0 Å². The lowest BCUT2D eigenvalue weighted by Gasteiger charge is -2.24. The highest BCUT2D eigenvalue weighted by Crippen LogP contribution is 2.30. The molecule has 17 heavy (non-hydrogen) atoms. The molecule has 0 saturated heterocycles. The lowest BCUT2D eigenvalue weighted by molar-refractivity contribution is -0.146. The highest BCUT2D eigenvalue weighted by molar-refractivity contribution is 5.87. The van der Waals surface area contributed by atoms with Crippen LogP contribution in [0.5, 0.6) is 0 Å². The van der Waals surface area contributed by atoms with E-state index in [4.69, 9.17) is 5.11 Å². The van der Waals surface area contributed by atoms with Gasteiger partial charge in [0.1, 0.15) is 5.54 Å². The maximum atomic E-state index is 11.9. The molecule has 0 aliphatic heterocycles. The molecule has 2 N–H and O–H groups in total. The Morgan fingerprint density at radius 2 is 1.88 bits per heavy atom. The molecule has 1 rings (SSSR count). The minimum absolute atomic E-state index is 0.100. The first-order valence-electron chi connectivity index (χ1n) is 6.38. The number of rotatable bonds is 5. The van der Waals surface area contributed by atoms with Crippen LogP contribution in [-0.4, -0.2) is 22.5 Å². The number of amides is 1. The molecule has 1 unspecified atom stereocenters.